The van der Waals surface area contributed by atoms with Crippen molar-refractivity contribution in [3.8, 4) is 23.0 Å². The largest absolute Gasteiger partial charge is 0.496 e. The van der Waals surface area contributed by atoms with E-state index in [0.717, 1.165) is 5.56 Å². The van der Waals surface area contributed by atoms with E-state index in [1.807, 2.05) is 6.92 Å². The third-order valence-corrected chi connectivity index (χ3v) is 6.78. The van der Waals surface area contributed by atoms with Gasteiger partial charge >= 0.3 is 0 Å². The molecule has 3 heterocycles. The van der Waals surface area contributed by atoms with Crippen LogP contribution in [0.25, 0.3) is 5.70 Å². The first-order valence-corrected chi connectivity index (χ1v) is 11.5. The zero-order valence-corrected chi connectivity index (χ0v) is 20.0. The van der Waals surface area contributed by atoms with Gasteiger partial charge < -0.3 is 30.0 Å². The molecule has 0 aromatic heterocycles. The Bertz CT molecular complexity index is 1550. The van der Waals surface area contributed by atoms with Crippen LogP contribution in [0.2, 0.25) is 0 Å². The summed E-state index contributed by atoms with van der Waals surface area (Å²) in [6.07, 6.45) is 0. The van der Waals surface area contributed by atoms with Crippen LogP contribution in [0.4, 0.5) is 5.69 Å². The molecule has 2 amide bonds. The quantitative estimate of drug-likeness (QED) is 0.547. The number of hydrogen-bond donors (Lipinski definition) is 2. The van der Waals surface area contributed by atoms with Gasteiger partial charge in [-0.1, -0.05) is 12.1 Å². The molecule has 6 rings (SSSR count). The lowest BCUT2D eigenvalue weighted by atomic mass is 9.80. The highest BCUT2D eigenvalue weighted by Crippen LogP contribution is 2.50. The van der Waals surface area contributed by atoms with Gasteiger partial charge in [-0.15, -0.1) is 0 Å². The summed E-state index contributed by atoms with van der Waals surface area (Å²) in [6, 6.07) is 15.6. The standard InChI is InChI=1S/C27H22N4O6/c1-14-17(4-3-5-20(14)34-2)25(32)29-16-7-9-21-18(11-16)24-19(12-35-21)27(26(28)33,31-30-24)15-6-8-22-23(10-15)37-13-36-22/h3-11H,12-13H2,1-2H3,(H2,28,33)(H,29,32). The van der Waals surface area contributed by atoms with Gasteiger partial charge in [0.25, 0.3) is 11.8 Å². The third kappa shape index (κ3) is 3.40. The van der Waals surface area contributed by atoms with Gasteiger partial charge in [0.2, 0.25) is 12.3 Å². The van der Waals surface area contributed by atoms with Crippen LogP contribution in [0.15, 0.2) is 70.4 Å². The van der Waals surface area contributed by atoms with E-state index in [4.69, 9.17) is 24.7 Å². The van der Waals surface area contributed by atoms with Crippen molar-refractivity contribution in [2.75, 3.05) is 25.8 Å². The average molecular weight is 498 g/mol. The molecule has 1 unspecified atom stereocenters. The lowest BCUT2D eigenvalue weighted by Gasteiger charge is -2.28. The number of carbonyl (C=O) groups is 2. The number of primary amides is 1. The summed E-state index contributed by atoms with van der Waals surface area (Å²) in [5.74, 6) is 1.27. The molecular formula is C27H22N4O6. The number of carbonyl (C=O) groups excluding carboxylic acids is 2. The highest BCUT2D eigenvalue weighted by atomic mass is 16.7. The maximum atomic E-state index is 13.0. The number of nitrogens with one attached hydrogen (secondary N) is 1. The molecule has 37 heavy (non-hydrogen) atoms. The number of ether oxygens (including phenoxy) is 4. The minimum Gasteiger partial charge on any atom is -0.496 e. The predicted molar refractivity (Wildman–Crippen MR) is 133 cm³/mol. The van der Waals surface area contributed by atoms with E-state index in [1.165, 1.54) is 0 Å². The van der Waals surface area contributed by atoms with Crippen molar-refractivity contribution >= 4 is 23.2 Å². The van der Waals surface area contributed by atoms with Gasteiger partial charge in [-0.3, -0.25) is 9.59 Å². The van der Waals surface area contributed by atoms with Crippen molar-refractivity contribution in [3.05, 3.63) is 82.4 Å². The van der Waals surface area contributed by atoms with Crippen LogP contribution in [0.1, 0.15) is 27.0 Å². The number of fused-ring (bicyclic) bond motifs is 3. The molecule has 3 aromatic carbocycles. The van der Waals surface area contributed by atoms with Crippen LogP contribution in [0.5, 0.6) is 23.0 Å². The number of azo groups is 1. The molecule has 3 aliphatic heterocycles. The molecule has 3 aromatic rings. The molecule has 10 heteroatoms. The second kappa shape index (κ2) is 8.37. The van der Waals surface area contributed by atoms with E-state index >= 15 is 0 Å². The molecule has 0 saturated heterocycles. The first-order chi connectivity index (χ1) is 17.9. The maximum absolute atomic E-state index is 13.0. The summed E-state index contributed by atoms with van der Waals surface area (Å²) < 4.78 is 22.2. The van der Waals surface area contributed by atoms with Crippen LogP contribution in [-0.2, 0) is 10.3 Å². The van der Waals surface area contributed by atoms with Crippen molar-refractivity contribution < 1.29 is 28.5 Å². The lowest BCUT2D eigenvalue weighted by Crippen LogP contribution is -2.42. The molecule has 0 aliphatic carbocycles. The second-order valence-electron chi connectivity index (χ2n) is 8.76. The monoisotopic (exact) mass is 498 g/mol. The van der Waals surface area contributed by atoms with E-state index in [2.05, 4.69) is 15.5 Å². The Hall–Kier alpha value is -4.86. The number of methoxy groups -OCH3 is 1. The highest BCUT2D eigenvalue weighted by molar-refractivity contribution is 6.06. The molecule has 0 fully saturated rings. The molecule has 10 nitrogen and oxygen atoms in total. The van der Waals surface area contributed by atoms with Gasteiger partial charge in [0.1, 0.15) is 23.8 Å². The van der Waals surface area contributed by atoms with E-state index < -0.39 is 11.4 Å². The number of hydrogen-bond acceptors (Lipinski definition) is 8. The zero-order chi connectivity index (χ0) is 25.7. The minimum atomic E-state index is -1.55. The molecule has 0 radical (unpaired) electrons. The Kier molecular flexibility index (Phi) is 5.11. The Morgan fingerprint density at radius 2 is 1.84 bits per heavy atom. The average Bonchev–Trinajstić information content (AvgIpc) is 3.54. The van der Waals surface area contributed by atoms with Gasteiger partial charge in [-0.2, -0.15) is 10.2 Å². The van der Waals surface area contributed by atoms with Crippen molar-refractivity contribution in [2.45, 2.75) is 12.5 Å². The van der Waals surface area contributed by atoms with E-state index in [1.54, 1.807) is 61.7 Å². The van der Waals surface area contributed by atoms with E-state index in [0.29, 0.717) is 56.6 Å². The summed E-state index contributed by atoms with van der Waals surface area (Å²) in [4.78, 5) is 25.9. The summed E-state index contributed by atoms with van der Waals surface area (Å²) in [6.45, 7) is 1.99. The first kappa shape index (κ1) is 22.6. The van der Waals surface area contributed by atoms with Gasteiger partial charge in [0, 0.05) is 28.0 Å². The summed E-state index contributed by atoms with van der Waals surface area (Å²) >= 11 is 0. The molecule has 0 spiro atoms. The number of amides is 2. The summed E-state index contributed by atoms with van der Waals surface area (Å²) in [5, 5.41) is 11.7. The molecule has 1 atom stereocenters. The van der Waals surface area contributed by atoms with Crippen molar-refractivity contribution in [1.82, 2.24) is 0 Å². The zero-order valence-electron chi connectivity index (χ0n) is 20.0. The SMILES string of the molecule is COc1cccc(C(=O)Nc2ccc3c(c2)C2=C(CO3)C(C(N)=O)(c3ccc4c(c3)OCO4)N=N2)c1C. The van der Waals surface area contributed by atoms with Gasteiger partial charge in [-0.05, 0) is 55.0 Å². The Morgan fingerprint density at radius 1 is 1.03 bits per heavy atom. The number of anilines is 1. The molecule has 3 aliphatic rings. The number of benzene rings is 3. The minimum absolute atomic E-state index is 0.0709. The fourth-order valence-corrected chi connectivity index (χ4v) is 4.85. The molecule has 0 saturated carbocycles. The first-order valence-electron chi connectivity index (χ1n) is 11.5. The number of nitrogens with zero attached hydrogens (tertiary/aromatic N) is 2. The highest BCUT2D eigenvalue weighted by Gasteiger charge is 2.50. The van der Waals surface area contributed by atoms with E-state index in [9.17, 15) is 9.59 Å². The Morgan fingerprint density at radius 3 is 2.65 bits per heavy atom. The lowest BCUT2D eigenvalue weighted by molar-refractivity contribution is -0.122. The second-order valence-corrected chi connectivity index (χ2v) is 8.76. The summed E-state index contributed by atoms with van der Waals surface area (Å²) in [5.41, 5.74) is 8.19. The van der Waals surface area contributed by atoms with Crippen molar-refractivity contribution in [2.24, 2.45) is 16.0 Å². The van der Waals surface area contributed by atoms with Gasteiger partial charge in [-0.25, -0.2) is 0 Å². The van der Waals surface area contributed by atoms with Crippen molar-refractivity contribution in [1.29, 1.82) is 0 Å². The fourth-order valence-electron chi connectivity index (χ4n) is 4.85. The van der Waals surface area contributed by atoms with Crippen LogP contribution in [0.3, 0.4) is 0 Å². The predicted octanol–water partition coefficient (Wildman–Crippen LogP) is 3.93. The summed E-state index contributed by atoms with van der Waals surface area (Å²) in [7, 11) is 1.56. The molecular weight excluding hydrogens is 476 g/mol. The van der Waals surface area contributed by atoms with Gasteiger partial charge in [0.05, 0.1) is 7.11 Å². The Labute approximate surface area is 211 Å². The maximum Gasteiger partial charge on any atom is 0.256 e. The van der Waals surface area contributed by atoms with Crippen molar-refractivity contribution in [3.63, 3.8) is 0 Å². The smallest absolute Gasteiger partial charge is 0.256 e. The number of rotatable bonds is 5. The molecule has 186 valence electrons. The normalized spacial score (nSPS) is 18.6. The van der Waals surface area contributed by atoms with Crippen LogP contribution in [0, 0.1) is 6.92 Å². The Balaban J connectivity index is 1.38. The molecule has 0 bridgehead atoms. The van der Waals surface area contributed by atoms with Crippen LogP contribution < -0.4 is 30.0 Å². The van der Waals surface area contributed by atoms with Gasteiger partial charge in [0.15, 0.2) is 11.5 Å². The number of nitrogens with two attached hydrogens (primary N) is 1. The molecule has 3 N–H and O–H groups in total. The fraction of sp³-hybridized carbons (Fsp3) is 0.185. The van der Waals surface area contributed by atoms with E-state index in [-0.39, 0.29) is 19.3 Å². The van der Waals surface area contributed by atoms with Crippen LogP contribution in [-0.4, -0.2) is 32.3 Å². The topological polar surface area (TPSA) is 134 Å². The van der Waals surface area contributed by atoms with Crippen LogP contribution >= 0.6 is 0 Å². The third-order valence-electron chi connectivity index (χ3n) is 6.78.